The lowest BCUT2D eigenvalue weighted by Crippen LogP contribution is -2.56. The molecule has 0 spiro atoms. The summed E-state index contributed by atoms with van der Waals surface area (Å²) in [7, 11) is 0. The van der Waals surface area contributed by atoms with Crippen molar-refractivity contribution in [1.82, 2.24) is 20.4 Å². The van der Waals surface area contributed by atoms with Gasteiger partial charge in [-0.2, -0.15) is 0 Å². The molecule has 188 valence electrons. The molecule has 3 saturated heterocycles. The number of piperazine rings is 1. The Labute approximate surface area is 196 Å². The van der Waals surface area contributed by atoms with E-state index in [2.05, 4.69) is 15.3 Å². The minimum absolute atomic E-state index is 0.0113. The zero-order chi connectivity index (χ0) is 23.8. The molecule has 3 aliphatic rings. The Balaban J connectivity index is 1.34. The number of hydrogen-bond acceptors (Lipinski definition) is 10. The van der Waals surface area contributed by atoms with Gasteiger partial charge in [-0.15, -0.1) is 5.06 Å². The summed E-state index contributed by atoms with van der Waals surface area (Å²) in [5.41, 5.74) is -0.451. The number of nitrogens with one attached hydrogen (secondary N) is 1. The molecule has 0 aliphatic carbocycles. The van der Waals surface area contributed by atoms with Crippen LogP contribution in [0, 0.1) is 5.92 Å². The lowest BCUT2D eigenvalue weighted by atomic mass is 9.97. The first kappa shape index (κ1) is 26.0. The van der Waals surface area contributed by atoms with E-state index in [1.165, 1.54) is 0 Å². The Bertz CT molecular complexity index is 648. The SMILES string of the molecule is CC(C)(C)OC(=O)C1CCN(N2CCN(OC(=O)CC(C=O)OC3CCNCC3)CC2)CC1. The molecular formula is C23H40N4O6. The highest BCUT2D eigenvalue weighted by molar-refractivity contribution is 5.74. The van der Waals surface area contributed by atoms with Gasteiger partial charge < -0.3 is 24.4 Å². The fourth-order valence-electron chi connectivity index (χ4n) is 4.47. The van der Waals surface area contributed by atoms with Crippen molar-refractivity contribution in [2.75, 3.05) is 52.4 Å². The number of carbonyl (C=O) groups is 3. The standard InChI is InChI=1S/C23H40N4O6/c1-23(2,3)32-22(30)18-6-10-25(11-7-18)26-12-14-27(15-13-26)33-21(29)16-20(17-28)31-19-4-8-24-9-5-19/h17-20,24H,4-16H2,1-3H3. The monoisotopic (exact) mass is 468 g/mol. The van der Waals surface area contributed by atoms with E-state index in [9.17, 15) is 14.4 Å². The largest absolute Gasteiger partial charge is 0.460 e. The van der Waals surface area contributed by atoms with Gasteiger partial charge in [0.25, 0.3) is 0 Å². The number of esters is 1. The number of carbonyl (C=O) groups excluding carboxylic acids is 3. The lowest BCUT2D eigenvalue weighted by Gasteiger charge is -2.43. The van der Waals surface area contributed by atoms with Crippen molar-refractivity contribution >= 4 is 18.2 Å². The molecule has 1 unspecified atom stereocenters. The number of hydrogen-bond donors (Lipinski definition) is 1. The van der Waals surface area contributed by atoms with Crippen LogP contribution in [0.25, 0.3) is 0 Å². The molecule has 0 amide bonds. The maximum absolute atomic E-state index is 12.3. The first-order valence-electron chi connectivity index (χ1n) is 12.2. The second kappa shape index (κ2) is 12.2. The van der Waals surface area contributed by atoms with E-state index in [-0.39, 0.29) is 24.4 Å². The fraction of sp³-hybridized carbons (Fsp3) is 0.870. The molecule has 3 heterocycles. The zero-order valence-electron chi connectivity index (χ0n) is 20.3. The second-order valence-corrected chi connectivity index (χ2v) is 10.1. The molecule has 1 N–H and O–H groups in total. The maximum Gasteiger partial charge on any atom is 0.328 e. The molecule has 33 heavy (non-hydrogen) atoms. The Kier molecular flexibility index (Phi) is 9.63. The average molecular weight is 469 g/mol. The van der Waals surface area contributed by atoms with E-state index in [1.54, 1.807) is 5.06 Å². The third kappa shape index (κ3) is 8.60. The highest BCUT2D eigenvalue weighted by Gasteiger charge is 2.32. The van der Waals surface area contributed by atoms with E-state index in [0.717, 1.165) is 65.0 Å². The van der Waals surface area contributed by atoms with Crippen molar-refractivity contribution in [3.8, 4) is 0 Å². The highest BCUT2D eigenvalue weighted by atomic mass is 16.7. The van der Waals surface area contributed by atoms with Crippen LogP contribution in [0.3, 0.4) is 0 Å². The van der Waals surface area contributed by atoms with Gasteiger partial charge in [0, 0.05) is 39.3 Å². The van der Waals surface area contributed by atoms with Gasteiger partial charge in [-0.1, -0.05) is 0 Å². The normalized spacial score (nSPS) is 23.7. The van der Waals surface area contributed by atoms with Crippen LogP contribution in [-0.4, -0.2) is 103 Å². The van der Waals surface area contributed by atoms with E-state index in [0.29, 0.717) is 19.4 Å². The maximum atomic E-state index is 12.3. The number of nitrogens with zero attached hydrogens (tertiary/aromatic N) is 3. The van der Waals surface area contributed by atoms with Gasteiger partial charge >= 0.3 is 11.9 Å². The minimum atomic E-state index is -0.756. The summed E-state index contributed by atoms with van der Waals surface area (Å²) in [6, 6.07) is 0. The van der Waals surface area contributed by atoms with Gasteiger partial charge in [0.1, 0.15) is 18.0 Å². The predicted octanol–water partition coefficient (Wildman–Crippen LogP) is 0.757. The molecule has 0 aromatic heterocycles. The molecular weight excluding hydrogens is 428 g/mol. The molecule has 3 rings (SSSR count). The highest BCUT2D eigenvalue weighted by Crippen LogP contribution is 2.23. The molecule has 0 aromatic rings. The third-order valence-corrected chi connectivity index (χ3v) is 6.23. The van der Waals surface area contributed by atoms with Crippen LogP contribution in [0.2, 0.25) is 0 Å². The van der Waals surface area contributed by atoms with Gasteiger partial charge in [-0.05, 0) is 59.5 Å². The fourth-order valence-corrected chi connectivity index (χ4v) is 4.47. The smallest absolute Gasteiger partial charge is 0.328 e. The van der Waals surface area contributed by atoms with Crippen molar-refractivity contribution in [3.05, 3.63) is 0 Å². The van der Waals surface area contributed by atoms with Crippen LogP contribution < -0.4 is 5.32 Å². The Morgan fingerprint density at radius 3 is 2.15 bits per heavy atom. The van der Waals surface area contributed by atoms with Crippen molar-refractivity contribution in [2.24, 2.45) is 5.92 Å². The van der Waals surface area contributed by atoms with Crippen molar-refractivity contribution in [3.63, 3.8) is 0 Å². The van der Waals surface area contributed by atoms with Crippen molar-refractivity contribution < 1.29 is 28.7 Å². The van der Waals surface area contributed by atoms with Gasteiger partial charge in [0.2, 0.25) is 0 Å². The van der Waals surface area contributed by atoms with Gasteiger partial charge in [-0.3, -0.25) is 9.59 Å². The molecule has 10 heteroatoms. The average Bonchev–Trinajstić information content (AvgIpc) is 2.79. The number of hydroxylamine groups is 2. The zero-order valence-corrected chi connectivity index (χ0v) is 20.3. The molecule has 0 saturated carbocycles. The quantitative estimate of drug-likeness (QED) is 0.406. The number of piperidine rings is 2. The van der Waals surface area contributed by atoms with Crippen LogP contribution in [0.1, 0.15) is 52.9 Å². The first-order valence-corrected chi connectivity index (χ1v) is 12.2. The molecule has 0 bridgehead atoms. The minimum Gasteiger partial charge on any atom is -0.460 e. The van der Waals surface area contributed by atoms with Crippen LogP contribution in [0.5, 0.6) is 0 Å². The first-order chi connectivity index (χ1) is 15.7. The van der Waals surface area contributed by atoms with Crippen LogP contribution in [-0.2, 0) is 28.7 Å². The molecule has 1 atom stereocenters. The predicted molar refractivity (Wildman–Crippen MR) is 121 cm³/mol. The van der Waals surface area contributed by atoms with Crippen LogP contribution >= 0.6 is 0 Å². The van der Waals surface area contributed by atoms with E-state index >= 15 is 0 Å². The summed E-state index contributed by atoms with van der Waals surface area (Å²) < 4.78 is 11.3. The second-order valence-electron chi connectivity index (χ2n) is 10.1. The number of rotatable bonds is 8. The van der Waals surface area contributed by atoms with Gasteiger partial charge in [-0.25, -0.2) is 10.0 Å². The summed E-state index contributed by atoms with van der Waals surface area (Å²) >= 11 is 0. The summed E-state index contributed by atoms with van der Waals surface area (Å²) in [5, 5.41) is 9.47. The van der Waals surface area contributed by atoms with E-state index in [1.807, 2.05) is 20.8 Å². The molecule has 3 aliphatic heterocycles. The summed E-state index contributed by atoms with van der Waals surface area (Å²) in [5.74, 6) is -0.579. The summed E-state index contributed by atoms with van der Waals surface area (Å²) in [6.45, 7) is 11.7. The molecule has 10 nitrogen and oxygen atoms in total. The number of ether oxygens (including phenoxy) is 2. The Morgan fingerprint density at radius 2 is 1.58 bits per heavy atom. The van der Waals surface area contributed by atoms with Crippen LogP contribution in [0.15, 0.2) is 0 Å². The lowest BCUT2D eigenvalue weighted by molar-refractivity contribution is -0.211. The molecule has 3 fully saturated rings. The Hall–Kier alpha value is -1.59. The van der Waals surface area contributed by atoms with Crippen molar-refractivity contribution in [2.45, 2.75) is 70.7 Å². The summed E-state index contributed by atoms with van der Waals surface area (Å²) in [4.78, 5) is 41.5. The molecule has 0 aromatic carbocycles. The summed E-state index contributed by atoms with van der Waals surface area (Å²) in [6.07, 6.45) is 3.15. The van der Waals surface area contributed by atoms with Crippen LogP contribution in [0.4, 0.5) is 0 Å². The van der Waals surface area contributed by atoms with Gasteiger partial charge in [0.15, 0.2) is 0 Å². The number of aldehydes is 1. The Morgan fingerprint density at radius 1 is 0.970 bits per heavy atom. The van der Waals surface area contributed by atoms with Gasteiger partial charge in [0.05, 0.1) is 18.4 Å². The molecule has 0 radical (unpaired) electrons. The third-order valence-electron chi connectivity index (χ3n) is 6.23. The number of hydrazine groups is 1. The van der Waals surface area contributed by atoms with E-state index in [4.69, 9.17) is 14.3 Å². The van der Waals surface area contributed by atoms with E-state index < -0.39 is 17.7 Å². The topological polar surface area (TPSA) is 101 Å². The van der Waals surface area contributed by atoms with Crippen molar-refractivity contribution in [1.29, 1.82) is 0 Å².